The number of carbonyl (C=O) groups is 1. The van der Waals surface area contributed by atoms with Gasteiger partial charge >= 0.3 is 6.61 Å². The van der Waals surface area contributed by atoms with Gasteiger partial charge in [0.15, 0.2) is 0 Å². The van der Waals surface area contributed by atoms with E-state index in [0.717, 1.165) is 31.5 Å². The first kappa shape index (κ1) is 24.1. The summed E-state index contributed by atoms with van der Waals surface area (Å²) in [5.41, 5.74) is 7.17. The number of rotatable bonds is 7. The number of alkyl halides is 2. The third-order valence-electron chi connectivity index (χ3n) is 5.61. The van der Waals surface area contributed by atoms with Crippen molar-refractivity contribution in [1.29, 1.82) is 5.41 Å². The SMILES string of the molecule is Cc1ccc(OC(F)F)c(-c2nn(C3CCNCC3)cc2NC(=O)/C(C(=N)N)=C2\N=CC=CN2)c1. The summed E-state index contributed by atoms with van der Waals surface area (Å²) in [5, 5.41) is 21.4. The Morgan fingerprint density at radius 3 is 2.77 bits per heavy atom. The first-order valence-corrected chi connectivity index (χ1v) is 11.0. The lowest BCUT2D eigenvalue weighted by atomic mass is 10.1. The first-order valence-electron chi connectivity index (χ1n) is 11.0. The predicted molar refractivity (Wildman–Crippen MR) is 129 cm³/mol. The van der Waals surface area contributed by atoms with Gasteiger partial charge in [-0.1, -0.05) is 11.6 Å². The van der Waals surface area contributed by atoms with Crippen LogP contribution in [0.2, 0.25) is 0 Å². The Labute approximate surface area is 200 Å². The minimum Gasteiger partial charge on any atom is -0.434 e. The van der Waals surface area contributed by atoms with Crippen LogP contribution in [0.15, 0.2) is 53.1 Å². The minimum absolute atomic E-state index is 0.0605. The van der Waals surface area contributed by atoms with Crippen LogP contribution in [0.25, 0.3) is 11.3 Å². The molecule has 0 atom stereocenters. The second-order valence-electron chi connectivity index (χ2n) is 8.10. The van der Waals surface area contributed by atoms with Crippen LogP contribution in [-0.2, 0) is 4.79 Å². The van der Waals surface area contributed by atoms with Gasteiger partial charge < -0.3 is 26.4 Å². The Kier molecular flexibility index (Phi) is 7.20. The Balaban J connectivity index is 1.78. The van der Waals surface area contributed by atoms with Crippen molar-refractivity contribution in [2.24, 2.45) is 10.7 Å². The third-order valence-corrected chi connectivity index (χ3v) is 5.61. The van der Waals surface area contributed by atoms with Crippen molar-refractivity contribution in [2.75, 3.05) is 18.4 Å². The third kappa shape index (κ3) is 5.54. The van der Waals surface area contributed by atoms with Gasteiger partial charge in [-0.25, -0.2) is 4.99 Å². The lowest BCUT2D eigenvalue weighted by Crippen LogP contribution is -2.30. The molecule has 1 amide bonds. The van der Waals surface area contributed by atoms with Gasteiger partial charge in [-0.05, 0) is 51.1 Å². The monoisotopic (exact) mass is 484 g/mol. The number of carbonyl (C=O) groups excluding carboxylic acids is 1. The van der Waals surface area contributed by atoms with Crippen LogP contribution >= 0.6 is 0 Å². The second kappa shape index (κ2) is 10.5. The molecule has 12 heteroatoms. The Hall–Kier alpha value is -4.06. The zero-order valence-electron chi connectivity index (χ0n) is 19.0. The summed E-state index contributed by atoms with van der Waals surface area (Å²) in [5.74, 6) is -1.13. The maximum Gasteiger partial charge on any atom is 0.387 e. The normalized spacial score (nSPS) is 17.3. The molecule has 6 N–H and O–H groups in total. The van der Waals surface area contributed by atoms with E-state index < -0.39 is 18.4 Å². The smallest absolute Gasteiger partial charge is 0.387 e. The molecule has 4 rings (SSSR count). The van der Waals surface area contributed by atoms with Crippen LogP contribution in [0.4, 0.5) is 14.5 Å². The number of aliphatic imine (C=N–C) groups is 1. The quantitative estimate of drug-likeness (QED) is 0.232. The summed E-state index contributed by atoms with van der Waals surface area (Å²) in [7, 11) is 0. The van der Waals surface area contributed by atoms with Crippen molar-refractivity contribution in [3.8, 4) is 17.0 Å². The Morgan fingerprint density at radius 2 is 2.11 bits per heavy atom. The van der Waals surface area contributed by atoms with E-state index in [-0.39, 0.29) is 34.6 Å². The number of aryl methyl sites for hydroxylation is 1. The molecule has 10 nitrogen and oxygen atoms in total. The van der Waals surface area contributed by atoms with Crippen LogP contribution in [0.5, 0.6) is 5.75 Å². The number of anilines is 1. The highest BCUT2D eigenvalue weighted by molar-refractivity contribution is 6.24. The van der Waals surface area contributed by atoms with E-state index in [1.165, 1.54) is 12.3 Å². The van der Waals surface area contributed by atoms with E-state index in [2.05, 4.69) is 26.0 Å². The standard InChI is InChI=1S/C23H26F2N8O2/c1-13-3-4-17(35-23(24)25)15(11-13)19-16(12-33(32-19)14-5-9-28-10-6-14)31-22(34)18(20(26)27)21-29-7-2-8-30-21/h2-4,7-8,11-12,14,23,28-29H,5-6,9-10H2,1H3,(H3,26,27)(H,31,34)/b21-18-. The molecule has 0 spiro atoms. The molecule has 0 bridgehead atoms. The summed E-state index contributed by atoms with van der Waals surface area (Å²) in [4.78, 5) is 17.3. The van der Waals surface area contributed by atoms with Gasteiger partial charge in [-0.3, -0.25) is 14.9 Å². The zero-order chi connectivity index (χ0) is 24.9. The highest BCUT2D eigenvalue weighted by Gasteiger charge is 2.26. The molecule has 0 aliphatic carbocycles. The number of amides is 1. The van der Waals surface area contributed by atoms with Gasteiger partial charge in [0.05, 0.1) is 11.7 Å². The fourth-order valence-electron chi connectivity index (χ4n) is 3.97. The van der Waals surface area contributed by atoms with Crippen molar-refractivity contribution in [1.82, 2.24) is 20.4 Å². The van der Waals surface area contributed by atoms with E-state index in [0.29, 0.717) is 5.56 Å². The lowest BCUT2D eigenvalue weighted by molar-refractivity contribution is -0.112. The molecule has 2 aliphatic heterocycles. The van der Waals surface area contributed by atoms with Crippen molar-refractivity contribution < 1.29 is 18.3 Å². The molecule has 35 heavy (non-hydrogen) atoms. The molecule has 1 fully saturated rings. The lowest BCUT2D eigenvalue weighted by Gasteiger charge is -2.22. The van der Waals surface area contributed by atoms with Crippen LogP contribution in [-0.4, -0.2) is 47.4 Å². The fourth-order valence-corrected chi connectivity index (χ4v) is 3.97. The van der Waals surface area contributed by atoms with Crippen molar-refractivity contribution >= 4 is 23.6 Å². The number of aromatic nitrogens is 2. The van der Waals surface area contributed by atoms with Crippen molar-refractivity contribution in [3.63, 3.8) is 0 Å². The molecule has 0 unspecified atom stereocenters. The Bertz CT molecular complexity index is 1210. The number of ether oxygens (including phenoxy) is 1. The van der Waals surface area contributed by atoms with Crippen molar-refractivity contribution in [2.45, 2.75) is 32.4 Å². The van der Waals surface area contributed by atoms with Crippen LogP contribution in [0.1, 0.15) is 24.4 Å². The zero-order valence-corrected chi connectivity index (χ0v) is 19.0. The molecular weight excluding hydrogens is 458 g/mol. The Morgan fingerprint density at radius 1 is 1.34 bits per heavy atom. The average molecular weight is 485 g/mol. The second-order valence-corrected chi connectivity index (χ2v) is 8.10. The molecular formula is C23H26F2N8O2. The summed E-state index contributed by atoms with van der Waals surface area (Å²) in [6.07, 6.45) is 7.94. The maximum atomic E-state index is 13.2. The maximum absolute atomic E-state index is 13.2. The topological polar surface area (TPSA) is 142 Å². The molecule has 2 aromatic rings. The molecule has 1 aromatic carbocycles. The largest absolute Gasteiger partial charge is 0.434 e. The van der Waals surface area contributed by atoms with E-state index in [1.807, 2.05) is 6.92 Å². The first-order chi connectivity index (χ1) is 16.8. The number of hydrogen-bond donors (Lipinski definition) is 5. The summed E-state index contributed by atoms with van der Waals surface area (Å²) in [6, 6.07) is 4.83. The summed E-state index contributed by atoms with van der Waals surface area (Å²) < 4.78 is 32.7. The van der Waals surface area contributed by atoms with Gasteiger partial charge in [0, 0.05) is 24.2 Å². The number of hydrogen-bond acceptors (Lipinski definition) is 7. The molecule has 1 saturated heterocycles. The van der Waals surface area contributed by atoms with Gasteiger partial charge in [0.25, 0.3) is 5.91 Å². The molecule has 0 saturated carbocycles. The predicted octanol–water partition coefficient (Wildman–Crippen LogP) is 2.66. The molecule has 0 radical (unpaired) electrons. The van der Waals surface area contributed by atoms with Gasteiger partial charge in [-0.15, -0.1) is 0 Å². The molecule has 1 aromatic heterocycles. The van der Waals surface area contributed by atoms with E-state index in [1.54, 1.807) is 35.3 Å². The van der Waals surface area contributed by atoms with E-state index in [9.17, 15) is 13.6 Å². The number of benzene rings is 1. The molecule has 184 valence electrons. The number of nitrogens with one attached hydrogen (secondary N) is 4. The number of nitrogens with two attached hydrogens (primary N) is 1. The van der Waals surface area contributed by atoms with Gasteiger partial charge in [0.2, 0.25) is 0 Å². The summed E-state index contributed by atoms with van der Waals surface area (Å²) in [6.45, 7) is 0.404. The highest BCUT2D eigenvalue weighted by atomic mass is 19.3. The van der Waals surface area contributed by atoms with Gasteiger partial charge in [-0.2, -0.15) is 13.9 Å². The number of nitrogens with zero attached hydrogens (tertiary/aromatic N) is 3. The fraction of sp³-hybridized carbons (Fsp3) is 0.304. The number of amidine groups is 1. The van der Waals surface area contributed by atoms with E-state index in [4.69, 9.17) is 15.9 Å². The molecule has 3 heterocycles. The van der Waals surface area contributed by atoms with Crippen LogP contribution in [0, 0.1) is 12.3 Å². The minimum atomic E-state index is -3.03. The van der Waals surface area contributed by atoms with Crippen LogP contribution < -0.4 is 26.4 Å². The number of piperidine rings is 1. The highest BCUT2D eigenvalue weighted by Crippen LogP contribution is 2.37. The molecule has 2 aliphatic rings. The average Bonchev–Trinajstić information content (AvgIpc) is 3.24. The number of halogens is 2. The van der Waals surface area contributed by atoms with Gasteiger partial charge in [0.1, 0.15) is 28.7 Å². The van der Waals surface area contributed by atoms with E-state index >= 15 is 0 Å². The van der Waals surface area contributed by atoms with Crippen LogP contribution in [0.3, 0.4) is 0 Å². The number of allylic oxidation sites excluding steroid dienone is 1. The summed E-state index contributed by atoms with van der Waals surface area (Å²) >= 11 is 0. The van der Waals surface area contributed by atoms with Crippen molar-refractivity contribution in [3.05, 3.63) is 53.6 Å².